The summed E-state index contributed by atoms with van der Waals surface area (Å²) in [5, 5.41) is 0. The van der Waals surface area contributed by atoms with Crippen molar-refractivity contribution in [2.24, 2.45) is 0 Å². The van der Waals surface area contributed by atoms with E-state index in [4.69, 9.17) is 14.2 Å². The van der Waals surface area contributed by atoms with Gasteiger partial charge in [0.2, 0.25) is 0 Å². The molecule has 0 unspecified atom stereocenters. The molecular weight excluding hydrogens is 829 g/mol. The summed E-state index contributed by atoms with van der Waals surface area (Å²) in [6, 6.07) is 0. The van der Waals surface area contributed by atoms with Crippen LogP contribution in [0.4, 0.5) is 0 Å². The van der Waals surface area contributed by atoms with E-state index in [-0.39, 0.29) is 44.0 Å². The number of ether oxygens (including phenoxy) is 3. The van der Waals surface area contributed by atoms with Crippen molar-refractivity contribution in [3.63, 3.8) is 0 Å². The Balaban J connectivity index is 4.57. The highest BCUT2D eigenvalue weighted by atomic mass is 16.6. The third-order valence-electron chi connectivity index (χ3n) is 11.2. The zero-order valence-corrected chi connectivity index (χ0v) is 43.4. The van der Waals surface area contributed by atoms with Crippen LogP contribution in [0.15, 0.2) is 109 Å². The first-order valence-electron chi connectivity index (χ1n) is 27.4. The normalized spacial score (nSPS) is 12.9. The minimum atomic E-state index is -0.827. The topological polar surface area (TPSA) is 78.9 Å². The van der Waals surface area contributed by atoms with E-state index in [1.54, 1.807) is 0 Å². The fourth-order valence-electron chi connectivity index (χ4n) is 7.13. The lowest BCUT2D eigenvalue weighted by Crippen LogP contribution is -2.30. The average Bonchev–Trinajstić information content (AvgIpc) is 3.33. The predicted molar refractivity (Wildman–Crippen MR) is 288 cm³/mol. The second kappa shape index (κ2) is 54.7. The van der Waals surface area contributed by atoms with Crippen LogP contribution in [-0.4, -0.2) is 37.2 Å². The first-order chi connectivity index (χ1) is 33.0. The summed E-state index contributed by atoms with van der Waals surface area (Å²) in [6.07, 6.45) is 73.7. The molecule has 0 N–H and O–H groups in total. The summed E-state index contributed by atoms with van der Waals surface area (Å²) >= 11 is 0. The van der Waals surface area contributed by atoms with Gasteiger partial charge in [0.05, 0.1) is 0 Å². The molecule has 0 aliphatic carbocycles. The van der Waals surface area contributed by atoms with Gasteiger partial charge in [-0.05, 0) is 116 Å². The van der Waals surface area contributed by atoms with Crippen molar-refractivity contribution in [3.8, 4) is 0 Å². The molecule has 6 nitrogen and oxygen atoms in total. The second-order valence-electron chi connectivity index (χ2n) is 17.7. The lowest BCUT2D eigenvalue weighted by Gasteiger charge is -2.18. The SMILES string of the molecule is CC/C=C\C/C=C\C/C=C\C/C=C\C/C=C\CCCC(=O)OC[C@H](COC(=O)CCC/C=C\C/C=C\C/C=C\CCCCCCCC)OC(=O)CCCCCCC/C=C\CCCCCCCC. The summed E-state index contributed by atoms with van der Waals surface area (Å²) in [5.74, 6) is -1.04. The number of allylic oxidation sites excluding steroid dienone is 18. The van der Waals surface area contributed by atoms with Gasteiger partial charge < -0.3 is 14.2 Å². The molecule has 0 saturated heterocycles. The first kappa shape index (κ1) is 63.1. The van der Waals surface area contributed by atoms with Gasteiger partial charge in [0, 0.05) is 19.3 Å². The van der Waals surface area contributed by atoms with Gasteiger partial charge in [-0.1, -0.05) is 214 Å². The molecule has 0 aromatic heterocycles. The molecular formula is C61H100O6. The molecule has 6 heteroatoms. The number of rotatable bonds is 48. The fraction of sp³-hybridized carbons (Fsp3) is 0.656. The lowest BCUT2D eigenvalue weighted by molar-refractivity contribution is -0.167. The van der Waals surface area contributed by atoms with Crippen LogP contribution in [0.1, 0.15) is 239 Å². The first-order valence-corrected chi connectivity index (χ1v) is 27.4. The molecule has 0 saturated carbocycles. The minimum Gasteiger partial charge on any atom is -0.462 e. The molecule has 0 bridgehead atoms. The van der Waals surface area contributed by atoms with Crippen LogP contribution in [0, 0.1) is 0 Å². The highest BCUT2D eigenvalue weighted by molar-refractivity contribution is 5.71. The van der Waals surface area contributed by atoms with Gasteiger partial charge in [-0.3, -0.25) is 14.4 Å². The van der Waals surface area contributed by atoms with E-state index >= 15 is 0 Å². The molecule has 0 spiro atoms. The van der Waals surface area contributed by atoms with Gasteiger partial charge in [0.15, 0.2) is 6.10 Å². The van der Waals surface area contributed by atoms with E-state index in [0.717, 1.165) is 89.9 Å². The van der Waals surface area contributed by atoms with Gasteiger partial charge in [-0.15, -0.1) is 0 Å². The van der Waals surface area contributed by atoms with Crippen molar-refractivity contribution >= 4 is 17.9 Å². The van der Waals surface area contributed by atoms with E-state index in [1.165, 1.54) is 96.3 Å². The highest BCUT2D eigenvalue weighted by Crippen LogP contribution is 2.13. The molecule has 0 radical (unpaired) electrons. The van der Waals surface area contributed by atoms with E-state index in [2.05, 4.69) is 130 Å². The number of hydrogen-bond donors (Lipinski definition) is 0. The van der Waals surface area contributed by atoms with Crippen molar-refractivity contribution in [1.29, 1.82) is 0 Å². The van der Waals surface area contributed by atoms with Crippen LogP contribution in [0.5, 0.6) is 0 Å². The van der Waals surface area contributed by atoms with Crippen LogP contribution in [0.2, 0.25) is 0 Å². The predicted octanol–water partition coefficient (Wildman–Crippen LogP) is 18.3. The molecule has 1 atom stereocenters. The Morgan fingerprint density at radius 3 is 0.970 bits per heavy atom. The number of carbonyl (C=O) groups is 3. The Morgan fingerprint density at radius 2 is 0.597 bits per heavy atom. The molecule has 0 heterocycles. The summed E-state index contributed by atoms with van der Waals surface area (Å²) in [5.41, 5.74) is 0. The number of esters is 3. The van der Waals surface area contributed by atoms with Gasteiger partial charge in [-0.2, -0.15) is 0 Å². The molecule has 0 amide bonds. The second-order valence-corrected chi connectivity index (χ2v) is 17.7. The monoisotopic (exact) mass is 929 g/mol. The maximum atomic E-state index is 12.8. The maximum absolute atomic E-state index is 12.8. The van der Waals surface area contributed by atoms with E-state index in [1.807, 2.05) is 0 Å². The van der Waals surface area contributed by atoms with E-state index < -0.39 is 6.10 Å². The molecule has 380 valence electrons. The Hall–Kier alpha value is -3.93. The smallest absolute Gasteiger partial charge is 0.306 e. The van der Waals surface area contributed by atoms with Crippen molar-refractivity contribution in [3.05, 3.63) is 109 Å². The average molecular weight is 929 g/mol. The molecule has 0 rings (SSSR count). The van der Waals surface area contributed by atoms with Crippen LogP contribution in [0.25, 0.3) is 0 Å². The third-order valence-corrected chi connectivity index (χ3v) is 11.2. The standard InChI is InChI=1S/C61H100O6/c1-4-7-10-13-16-19-22-25-28-30-33-35-38-41-44-47-50-53-59(62)65-56-58(67-61(64)55-52-49-46-43-40-37-32-27-24-21-18-15-12-9-6-3)57-66-60(63)54-51-48-45-42-39-36-34-31-29-26-23-20-17-14-11-8-5-2/h7,10,16,19,25-29,32-36,41-42,44-45,58H,4-6,8-9,11-15,17-18,20-24,30-31,37-40,43,46-57H2,1-3H3/b10-7-,19-16-,28-25-,29-26-,32-27-,35-33-,36-34-,44-41-,45-42-/t58-/m1/s1. The zero-order chi connectivity index (χ0) is 48.6. The Labute approximate surface area is 412 Å². The minimum absolute atomic E-state index is 0.127. The third kappa shape index (κ3) is 52.9. The summed E-state index contributed by atoms with van der Waals surface area (Å²) < 4.78 is 16.7. The van der Waals surface area contributed by atoms with Crippen LogP contribution < -0.4 is 0 Å². The molecule has 0 aromatic carbocycles. The van der Waals surface area contributed by atoms with Crippen molar-refractivity contribution in [2.45, 2.75) is 245 Å². The Kier molecular flexibility index (Phi) is 51.5. The number of hydrogen-bond acceptors (Lipinski definition) is 6. The van der Waals surface area contributed by atoms with Crippen molar-refractivity contribution in [2.75, 3.05) is 13.2 Å². The summed E-state index contributed by atoms with van der Waals surface area (Å²) in [4.78, 5) is 38.0. The van der Waals surface area contributed by atoms with Crippen LogP contribution in [0.3, 0.4) is 0 Å². The quantitative estimate of drug-likeness (QED) is 0.0262. The molecule has 0 aliphatic rings. The zero-order valence-electron chi connectivity index (χ0n) is 43.4. The maximum Gasteiger partial charge on any atom is 0.306 e. The van der Waals surface area contributed by atoms with E-state index in [0.29, 0.717) is 19.3 Å². The fourth-order valence-corrected chi connectivity index (χ4v) is 7.13. The molecule has 0 fully saturated rings. The van der Waals surface area contributed by atoms with Crippen molar-refractivity contribution in [1.82, 2.24) is 0 Å². The highest BCUT2D eigenvalue weighted by Gasteiger charge is 2.19. The summed E-state index contributed by atoms with van der Waals surface area (Å²) in [7, 11) is 0. The Bertz CT molecular complexity index is 1390. The van der Waals surface area contributed by atoms with Crippen molar-refractivity contribution < 1.29 is 28.6 Å². The largest absolute Gasteiger partial charge is 0.462 e. The van der Waals surface area contributed by atoms with Gasteiger partial charge >= 0.3 is 17.9 Å². The van der Waals surface area contributed by atoms with Gasteiger partial charge in [0.1, 0.15) is 13.2 Å². The van der Waals surface area contributed by atoms with Gasteiger partial charge in [0.25, 0.3) is 0 Å². The molecule has 0 aromatic rings. The lowest BCUT2D eigenvalue weighted by atomic mass is 10.1. The van der Waals surface area contributed by atoms with Gasteiger partial charge in [-0.25, -0.2) is 0 Å². The number of carbonyl (C=O) groups excluding carboxylic acids is 3. The van der Waals surface area contributed by atoms with E-state index in [9.17, 15) is 14.4 Å². The van der Waals surface area contributed by atoms with Crippen LogP contribution >= 0.6 is 0 Å². The molecule has 67 heavy (non-hydrogen) atoms. The summed E-state index contributed by atoms with van der Waals surface area (Å²) in [6.45, 7) is 6.41. The Morgan fingerprint density at radius 1 is 0.313 bits per heavy atom. The number of unbranched alkanes of at least 4 members (excludes halogenated alkanes) is 19. The molecule has 0 aliphatic heterocycles. The van der Waals surface area contributed by atoms with Crippen LogP contribution in [-0.2, 0) is 28.6 Å².